The molecule has 1 aromatic rings. The SMILES string of the molecule is COC1CN(S(=O)(=O)c2ccc(N)c(F)c2)CCC1C. The van der Waals surface area contributed by atoms with E-state index in [0.29, 0.717) is 12.5 Å². The van der Waals surface area contributed by atoms with Crippen LogP contribution in [-0.2, 0) is 14.8 Å². The lowest BCUT2D eigenvalue weighted by atomic mass is 9.97. The van der Waals surface area contributed by atoms with E-state index in [9.17, 15) is 12.8 Å². The Bertz CT molecular complexity index is 591. The molecule has 2 rings (SSSR count). The van der Waals surface area contributed by atoms with Crippen molar-refractivity contribution in [2.75, 3.05) is 25.9 Å². The average molecular weight is 302 g/mol. The van der Waals surface area contributed by atoms with Crippen LogP contribution in [0, 0.1) is 11.7 Å². The van der Waals surface area contributed by atoms with Crippen LogP contribution in [0.25, 0.3) is 0 Å². The van der Waals surface area contributed by atoms with E-state index in [1.807, 2.05) is 6.92 Å². The molecule has 0 aromatic heterocycles. The van der Waals surface area contributed by atoms with Crippen LogP contribution in [0.2, 0.25) is 0 Å². The van der Waals surface area contributed by atoms with E-state index in [1.54, 1.807) is 7.11 Å². The lowest BCUT2D eigenvalue weighted by molar-refractivity contribution is 0.0184. The molecule has 1 aliphatic rings. The van der Waals surface area contributed by atoms with Gasteiger partial charge in [-0.1, -0.05) is 6.92 Å². The van der Waals surface area contributed by atoms with Gasteiger partial charge < -0.3 is 10.5 Å². The van der Waals surface area contributed by atoms with E-state index >= 15 is 0 Å². The molecule has 1 aromatic carbocycles. The summed E-state index contributed by atoms with van der Waals surface area (Å²) >= 11 is 0. The molecule has 20 heavy (non-hydrogen) atoms. The van der Waals surface area contributed by atoms with Gasteiger partial charge in [0.2, 0.25) is 10.0 Å². The Labute approximate surface area is 118 Å². The second-order valence-corrected chi connectivity index (χ2v) is 7.02. The summed E-state index contributed by atoms with van der Waals surface area (Å²) in [5.74, 6) is -0.422. The number of hydrogen-bond donors (Lipinski definition) is 1. The molecular formula is C13H19FN2O3S. The number of nitrogens with zero attached hydrogens (tertiary/aromatic N) is 1. The van der Waals surface area contributed by atoms with Gasteiger partial charge >= 0.3 is 0 Å². The number of nitrogens with two attached hydrogens (primary N) is 1. The maximum atomic E-state index is 13.4. The zero-order valence-electron chi connectivity index (χ0n) is 11.5. The number of rotatable bonds is 3. The number of sulfonamides is 1. The molecule has 2 N–H and O–H groups in total. The van der Waals surface area contributed by atoms with E-state index < -0.39 is 15.8 Å². The van der Waals surface area contributed by atoms with Crippen LogP contribution in [0.4, 0.5) is 10.1 Å². The fraction of sp³-hybridized carbons (Fsp3) is 0.538. The minimum atomic E-state index is -3.71. The molecule has 0 amide bonds. The number of methoxy groups -OCH3 is 1. The topological polar surface area (TPSA) is 72.6 Å². The Morgan fingerprint density at radius 1 is 1.45 bits per heavy atom. The third-order valence-electron chi connectivity index (χ3n) is 3.76. The molecule has 0 aliphatic carbocycles. The number of hydrogen-bond acceptors (Lipinski definition) is 4. The van der Waals surface area contributed by atoms with Crippen molar-refractivity contribution in [2.24, 2.45) is 5.92 Å². The van der Waals surface area contributed by atoms with Crippen LogP contribution >= 0.6 is 0 Å². The molecular weight excluding hydrogens is 283 g/mol. The second kappa shape index (κ2) is 5.67. The molecule has 0 bridgehead atoms. The molecule has 1 fully saturated rings. The molecule has 7 heteroatoms. The zero-order chi connectivity index (χ0) is 14.9. The summed E-state index contributed by atoms with van der Waals surface area (Å²) in [4.78, 5) is -0.0754. The van der Waals surface area contributed by atoms with Crippen LogP contribution in [0.5, 0.6) is 0 Å². The maximum absolute atomic E-state index is 13.4. The molecule has 0 spiro atoms. The van der Waals surface area contributed by atoms with E-state index in [4.69, 9.17) is 10.5 Å². The Kier molecular flexibility index (Phi) is 4.31. The number of anilines is 1. The van der Waals surface area contributed by atoms with Gasteiger partial charge in [0.25, 0.3) is 0 Å². The van der Waals surface area contributed by atoms with Gasteiger partial charge in [0.1, 0.15) is 5.82 Å². The van der Waals surface area contributed by atoms with Crippen LogP contribution in [-0.4, -0.2) is 39.0 Å². The number of ether oxygens (including phenoxy) is 1. The smallest absolute Gasteiger partial charge is 0.243 e. The highest BCUT2D eigenvalue weighted by Crippen LogP contribution is 2.26. The normalized spacial score (nSPS) is 24.8. The highest BCUT2D eigenvalue weighted by atomic mass is 32.2. The van der Waals surface area contributed by atoms with Crippen molar-refractivity contribution >= 4 is 15.7 Å². The zero-order valence-corrected chi connectivity index (χ0v) is 12.4. The predicted molar refractivity (Wildman–Crippen MR) is 74.1 cm³/mol. The van der Waals surface area contributed by atoms with Crippen molar-refractivity contribution in [3.63, 3.8) is 0 Å². The summed E-state index contributed by atoms with van der Waals surface area (Å²) in [5.41, 5.74) is 5.30. The van der Waals surface area contributed by atoms with Crippen molar-refractivity contribution in [3.05, 3.63) is 24.0 Å². The molecule has 2 atom stereocenters. The van der Waals surface area contributed by atoms with Gasteiger partial charge in [0.15, 0.2) is 0 Å². The molecule has 1 heterocycles. The lowest BCUT2D eigenvalue weighted by Crippen LogP contribution is -2.46. The average Bonchev–Trinajstić information content (AvgIpc) is 2.42. The van der Waals surface area contributed by atoms with Crippen molar-refractivity contribution in [3.8, 4) is 0 Å². The Balaban J connectivity index is 2.28. The summed E-state index contributed by atoms with van der Waals surface area (Å²) < 4.78 is 45.1. The summed E-state index contributed by atoms with van der Waals surface area (Å²) in [6, 6.07) is 3.56. The number of benzene rings is 1. The highest BCUT2D eigenvalue weighted by Gasteiger charge is 2.34. The molecule has 2 unspecified atom stereocenters. The summed E-state index contributed by atoms with van der Waals surface area (Å²) in [6.07, 6.45) is 0.576. The van der Waals surface area contributed by atoms with Gasteiger partial charge in [-0.3, -0.25) is 0 Å². The fourth-order valence-electron chi connectivity index (χ4n) is 2.35. The fourth-order valence-corrected chi connectivity index (χ4v) is 3.83. The monoisotopic (exact) mass is 302 g/mol. The maximum Gasteiger partial charge on any atom is 0.243 e. The van der Waals surface area contributed by atoms with Gasteiger partial charge in [-0.05, 0) is 30.5 Å². The molecule has 0 saturated carbocycles. The second-order valence-electron chi connectivity index (χ2n) is 5.09. The molecule has 0 radical (unpaired) electrons. The minimum absolute atomic E-state index is 0.0639. The predicted octanol–water partition coefficient (Wildman–Crippen LogP) is 1.45. The van der Waals surface area contributed by atoms with Gasteiger partial charge in [-0.15, -0.1) is 0 Å². The highest BCUT2D eigenvalue weighted by molar-refractivity contribution is 7.89. The van der Waals surface area contributed by atoms with E-state index in [-0.39, 0.29) is 23.2 Å². The van der Waals surface area contributed by atoms with E-state index in [0.717, 1.165) is 12.5 Å². The molecule has 112 valence electrons. The molecule has 1 aliphatic heterocycles. The van der Waals surface area contributed by atoms with Crippen LogP contribution in [0.3, 0.4) is 0 Å². The van der Waals surface area contributed by atoms with Gasteiger partial charge in [-0.25, -0.2) is 12.8 Å². The van der Waals surface area contributed by atoms with Crippen molar-refractivity contribution < 1.29 is 17.5 Å². The third kappa shape index (κ3) is 2.79. The first-order valence-electron chi connectivity index (χ1n) is 6.44. The van der Waals surface area contributed by atoms with Crippen molar-refractivity contribution in [1.82, 2.24) is 4.31 Å². The van der Waals surface area contributed by atoms with E-state index in [2.05, 4.69) is 0 Å². The Hall–Kier alpha value is -1.18. The summed E-state index contributed by atoms with van der Waals surface area (Å²) in [5, 5.41) is 0. The number of nitrogen functional groups attached to an aromatic ring is 1. The van der Waals surface area contributed by atoms with Crippen LogP contribution in [0.1, 0.15) is 13.3 Å². The van der Waals surface area contributed by atoms with Crippen molar-refractivity contribution in [1.29, 1.82) is 0 Å². The number of halogens is 1. The summed E-state index contributed by atoms with van der Waals surface area (Å²) in [7, 11) is -2.14. The quantitative estimate of drug-likeness (QED) is 0.858. The first-order chi connectivity index (χ1) is 9.36. The lowest BCUT2D eigenvalue weighted by Gasteiger charge is -2.35. The Morgan fingerprint density at radius 3 is 2.75 bits per heavy atom. The van der Waals surface area contributed by atoms with Crippen LogP contribution in [0.15, 0.2) is 23.1 Å². The molecule has 1 saturated heterocycles. The van der Waals surface area contributed by atoms with Gasteiger partial charge in [-0.2, -0.15) is 4.31 Å². The van der Waals surface area contributed by atoms with E-state index in [1.165, 1.54) is 16.4 Å². The van der Waals surface area contributed by atoms with Crippen LogP contribution < -0.4 is 5.73 Å². The summed E-state index contributed by atoms with van der Waals surface area (Å²) in [6.45, 7) is 2.72. The minimum Gasteiger partial charge on any atom is -0.396 e. The largest absolute Gasteiger partial charge is 0.396 e. The third-order valence-corrected chi connectivity index (χ3v) is 5.63. The standard InChI is InChI=1S/C13H19FN2O3S/c1-9-5-6-16(8-13(9)19-2)20(17,18)10-3-4-12(15)11(14)7-10/h3-4,7,9,13H,5-6,8,15H2,1-2H3. The molecule has 5 nitrogen and oxygen atoms in total. The van der Waals surface area contributed by atoms with Gasteiger partial charge in [0.05, 0.1) is 16.7 Å². The van der Waals surface area contributed by atoms with Gasteiger partial charge in [0, 0.05) is 20.2 Å². The first-order valence-corrected chi connectivity index (χ1v) is 7.88. The Morgan fingerprint density at radius 2 is 2.15 bits per heavy atom. The van der Waals surface area contributed by atoms with Crippen molar-refractivity contribution in [2.45, 2.75) is 24.3 Å². The first kappa shape index (κ1) is 15.2. The number of piperidine rings is 1.